The summed E-state index contributed by atoms with van der Waals surface area (Å²) < 4.78 is 18.6. The molecule has 3 N–H and O–H groups in total. The van der Waals surface area contributed by atoms with Gasteiger partial charge in [0.15, 0.2) is 11.5 Å². The summed E-state index contributed by atoms with van der Waals surface area (Å²) in [6.45, 7) is 0. The number of methoxy groups -OCH3 is 1. The Bertz CT molecular complexity index is 1370. The molecule has 2 unspecified atom stereocenters. The molecule has 0 bridgehead atoms. The number of hydrogen-bond donors (Lipinski definition) is 3. The van der Waals surface area contributed by atoms with Crippen molar-refractivity contribution in [3.05, 3.63) is 99.0 Å². The van der Waals surface area contributed by atoms with Gasteiger partial charge in [-0.1, -0.05) is 24.3 Å². The molecule has 178 valence electrons. The van der Waals surface area contributed by atoms with Crippen LogP contribution in [-0.2, 0) is 4.79 Å². The summed E-state index contributed by atoms with van der Waals surface area (Å²) >= 11 is 0. The topological polar surface area (TPSA) is 114 Å². The SMILES string of the molecule is COc1cc(C2Nc3ccccc3NC3=C2C(=O)CC(c2ccc(F)cc2)C3)cc([N+](=O)[O-])c1O. The van der Waals surface area contributed by atoms with Crippen LogP contribution in [0.1, 0.15) is 35.9 Å². The predicted molar refractivity (Wildman–Crippen MR) is 128 cm³/mol. The van der Waals surface area contributed by atoms with Crippen molar-refractivity contribution in [2.24, 2.45) is 0 Å². The van der Waals surface area contributed by atoms with E-state index in [-0.39, 0.29) is 29.7 Å². The molecular weight excluding hydrogens is 453 g/mol. The summed E-state index contributed by atoms with van der Waals surface area (Å²) in [6, 6.07) is 15.6. The fraction of sp³-hybridized carbons (Fsp3) is 0.192. The average molecular weight is 475 g/mol. The Kier molecular flexibility index (Phi) is 5.60. The first-order chi connectivity index (χ1) is 16.9. The Morgan fingerprint density at radius 2 is 1.77 bits per heavy atom. The number of Topliss-reactive ketones (excluding diaryl/α,β-unsaturated/α-hetero) is 1. The van der Waals surface area contributed by atoms with Crippen LogP contribution in [0.4, 0.5) is 21.5 Å². The average Bonchev–Trinajstić information content (AvgIpc) is 3.01. The molecular formula is C26H22FN3O5. The lowest BCUT2D eigenvalue weighted by Crippen LogP contribution is -2.27. The van der Waals surface area contributed by atoms with Gasteiger partial charge in [-0.2, -0.15) is 0 Å². The van der Waals surface area contributed by atoms with Crippen LogP contribution in [0.3, 0.4) is 0 Å². The Morgan fingerprint density at radius 3 is 2.46 bits per heavy atom. The highest BCUT2D eigenvalue weighted by Gasteiger charge is 2.37. The number of nitro benzene ring substituents is 1. The predicted octanol–water partition coefficient (Wildman–Crippen LogP) is 5.43. The van der Waals surface area contributed by atoms with Gasteiger partial charge in [0.05, 0.1) is 29.4 Å². The van der Waals surface area contributed by atoms with Crippen molar-refractivity contribution in [3.63, 3.8) is 0 Å². The highest BCUT2D eigenvalue weighted by Crippen LogP contribution is 2.46. The van der Waals surface area contributed by atoms with E-state index in [1.165, 1.54) is 31.4 Å². The van der Waals surface area contributed by atoms with E-state index in [4.69, 9.17) is 4.74 Å². The first-order valence-electron chi connectivity index (χ1n) is 11.0. The second kappa shape index (κ2) is 8.75. The molecule has 0 spiro atoms. The summed E-state index contributed by atoms with van der Waals surface area (Å²) in [7, 11) is 1.31. The highest BCUT2D eigenvalue weighted by atomic mass is 19.1. The number of ether oxygens (including phenoxy) is 1. The van der Waals surface area contributed by atoms with Gasteiger partial charge in [-0.25, -0.2) is 4.39 Å². The van der Waals surface area contributed by atoms with Crippen molar-refractivity contribution >= 4 is 22.8 Å². The van der Waals surface area contributed by atoms with Crippen molar-refractivity contribution in [1.82, 2.24) is 0 Å². The van der Waals surface area contributed by atoms with Gasteiger partial charge in [-0.3, -0.25) is 14.9 Å². The molecule has 5 rings (SSSR count). The van der Waals surface area contributed by atoms with Gasteiger partial charge >= 0.3 is 5.69 Å². The number of nitrogens with zero attached hydrogens (tertiary/aromatic N) is 1. The molecule has 2 atom stereocenters. The Labute approximate surface area is 200 Å². The second-order valence-corrected chi connectivity index (χ2v) is 8.57. The van der Waals surface area contributed by atoms with Crippen LogP contribution in [-0.4, -0.2) is 22.9 Å². The first kappa shape index (κ1) is 22.4. The zero-order valence-corrected chi connectivity index (χ0v) is 18.7. The molecule has 0 saturated carbocycles. The number of hydrogen-bond acceptors (Lipinski definition) is 7. The minimum Gasteiger partial charge on any atom is -0.500 e. The van der Waals surface area contributed by atoms with E-state index in [0.29, 0.717) is 28.9 Å². The number of ketones is 1. The first-order valence-corrected chi connectivity index (χ1v) is 11.0. The number of carbonyl (C=O) groups is 1. The minimum atomic E-state index is -0.726. The van der Waals surface area contributed by atoms with E-state index in [0.717, 1.165) is 11.3 Å². The molecule has 0 radical (unpaired) electrons. The van der Waals surface area contributed by atoms with Gasteiger partial charge in [0.2, 0.25) is 5.75 Å². The Morgan fingerprint density at radius 1 is 1.06 bits per heavy atom. The number of benzene rings is 3. The number of nitro groups is 1. The molecule has 1 aliphatic heterocycles. The second-order valence-electron chi connectivity index (χ2n) is 8.57. The van der Waals surface area contributed by atoms with Crippen molar-refractivity contribution in [2.45, 2.75) is 24.8 Å². The van der Waals surface area contributed by atoms with Crippen molar-refractivity contribution < 1.29 is 24.0 Å². The number of para-hydroxylation sites is 2. The lowest BCUT2D eigenvalue weighted by Gasteiger charge is -2.30. The van der Waals surface area contributed by atoms with Crippen LogP contribution in [0.25, 0.3) is 0 Å². The molecule has 35 heavy (non-hydrogen) atoms. The summed E-state index contributed by atoms with van der Waals surface area (Å²) in [5.41, 5.74) is 3.38. The molecule has 3 aromatic carbocycles. The number of rotatable bonds is 4. The molecule has 9 heteroatoms. The molecule has 0 fully saturated rings. The van der Waals surface area contributed by atoms with Crippen molar-refractivity contribution in [2.75, 3.05) is 17.7 Å². The molecule has 3 aromatic rings. The van der Waals surface area contributed by atoms with E-state index >= 15 is 0 Å². The van der Waals surface area contributed by atoms with E-state index in [2.05, 4.69) is 10.6 Å². The van der Waals surface area contributed by atoms with Crippen LogP contribution in [0.5, 0.6) is 11.5 Å². The van der Waals surface area contributed by atoms with Crippen molar-refractivity contribution in [3.8, 4) is 11.5 Å². The summed E-state index contributed by atoms with van der Waals surface area (Å²) in [4.78, 5) is 24.5. The standard InChI is InChI=1S/C26H22FN3O5/c1-35-23-13-16(11-21(26(23)32)30(33)34)25-24-20(28-18-4-2-3-5-19(18)29-25)10-15(12-22(24)31)14-6-8-17(27)9-7-14/h2-9,11,13,15,25,28-29,32H,10,12H2,1H3. The van der Waals surface area contributed by atoms with Crippen LogP contribution in [0.2, 0.25) is 0 Å². The third kappa shape index (κ3) is 4.05. The highest BCUT2D eigenvalue weighted by molar-refractivity contribution is 6.01. The van der Waals surface area contributed by atoms with E-state index in [1.807, 2.05) is 24.3 Å². The Hall–Kier alpha value is -4.40. The number of anilines is 2. The molecule has 1 aliphatic carbocycles. The minimum absolute atomic E-state index is 0.0592. The van der Waals surface area contributed by atoms with Gasteiger partial charge in [-0.05, 0) is 53.8 Å². The third-order valence-corrected chi connectivity index (χ3v) is 6.48. The van der Waals surface area contributed by atoms with E-state index in [9.17, 15) is 24.4 Å². The summed E-state index contributed by atoms with van der Waals surface area (Å²) in [5.74, 6) is -1.26. The molecule has 0 saturated heterocycles. The molecule has 0 aromatic heterocycles. The third-order valence-electron chi connectivity index (χ3n) is 6.48. The van der Waals surface area contributed by atoms with Gasteiger partial charge < -0.3 is 20.5 Å². The van der Waals surface area contributed by atoms with Crippen LogP contribution >= 0.6 is 0 Å². The van der Waals surface area contributed by atoms with Crippen LogP contribution in [0, 0.1) is 15.9 Å². The molecule has 8 nitrogen and oxygen atoms in total. The fourth-order valence-electron chi connectivity index (χ4n) is 4.79. The Balaban J connectivity index is 1.65. The number of phenolic OH excluding ortho intramolecular Hbond substituents is 1. The number of allylic oxidation sites excluding steroid dienone is 1. The normalized spacial score (nSPS) is 19.1. The van der Waals surface area contributed by atoms with Gasteiger partial charge in [-0.15, -0.1) is 0 Å². The van der Waals surface area contributed by atoms with E-state index in [1.54, 1.807) is 12.1 Å². The zero-order valence-electron chi connectivity index (χ0n) is 18.7. The van der Waals surface area contributed by atoms with Gasteiger partial charge in [0.1, 0.15) is 5.82 Å². The number of nitrogens with one attached hydrogen (secondary N) is 2. The molecule has 0 amide bonds. The van der Waals surface area contributed by atoms with Crippen LogP contribution in [0.15, 0.2) is 71.9 Å². The number of aromatic hydroxyl groups is 1. The van der Waals surface area contributed by atoms with Gasteiger partial charge in [0.25, 0.3) is 0 Å². The maximum atomic E-state index is 13.6. The maximum absolute atomic E-state index is 13.6. The van der Waals surface area contributed by atoms with Gasteiger partial charge in [0, 0.05) is 23.8 Å². The number of fused-ring (bicyclic) bond motifs is 1. The van der Waals surface area contributed by atoms with Crippen molar-refractivity contribution in [1.29, 1.82) is 0 Å². The number of carbonyl (C=O) groups excluding carboxylic acids is 1. The summed E-state index contributed by atoms with van der Waals surface area (Å²) in [5, 5.41) is 28.6. The lowest BCUT2D eigenvalue weighted by atomic mass is 9.78. The number of phenols is 1. The van der Waals surface area contributed by atoms with E-state index < -0.39 is 22.4 Å². The monoisotopic (exact) mass is 475 g/mol. The smallest absolute Gasteiger partial charge is 0.315 e. The quantitative estimate of drug-likeness (QED) is 0.341. The molecule has 2 aliphatic rings. The maximum Gasteiger partial charge on any atom is 0.315 e. The lowest BCUT2D eigenvalue weighted by molar-refractivity contribution is -0.386. The fourth-order valence-corrected chi connectivity index (χ4v) is 4.79. The summed E-state index contributed by atoms with van der Waals surface area (Å²) in [6.07, 6.45) is 0.703. The largest absolute Gasteiger partial charge is 0.500 e. The number of halogens is 1. The zero-order chi connectivity index (χ0) is 24.7. The van der Waals surface area contributed by atoms with Crippen LogP contribution < -0.4 is 15.4 Å². The molecule has 1 heterocycles.